The summed E-state index contributed by atoms with van der Waals surface area (Å²) in [5.41, 5.74) is 6.94. The average Bonchev–Trinajstić information content (AvgIpc) is 2.82. The number of rotatable bonds is 6. The largest absolute Gasteiger partial charge is 0.390 e. The van der Waals surface area contributed by atoms with Gasteiger partial charge in [0.1, 0.15) is 17.3 Å². The van der Waals surface area contributed by atoms with Crippen molar-refractivity contribution in [2.75, 3.05) is 43.4 Å². The molecule has 4 rings (SSSR count). The highest BCUT2D eigenvalue weighted by atomic mass is 35.5. The monoisotopic (exact) mass is 496 g/mol. The molecule has 10 heteroatoms. The molecule has 3 heterocycles. The predicted molar refractivity (Wildman–Crippen MR) is 130 cm³/mol. The van der Waals surface area contributed by atoms with Crippen LogP contribution >= 0.6 is 23.2 Å². The molecule has 1 aromatic carbocycles. The molecule has 0 amide bonds. The van der Waals surface area contributed by atoms with Gasteiger partial charge in [-0.25, -0.2) is 14.4 Å². The van der Waals surface area contributed by atoms with Crippen LogP contribution in [-0.2, 0) is 13.2 Å². The first-order valence-corrected chi connectivity index (χ1v) is 12.2. The minimum atomic E-state index is -0.284. The maximum Gasteiger partial charge on any atom is 0.172 e. The zero-order chi connectivity index (χ0) is 23.5. The number of aliphatic hydroxyl groups is 1. The molecule has 0 radical (unpaired) electrons. The average molecular weight is 497 g/mol. The van der Waals surface area contributed by atoms with Gasteiger partial charge in [0.2, 0.25) is 0 Å². The van der Waals surface area contributed by atoms with Gasteiger partial charge >= 0.3 is 0 Å². The smallest absolute Gasteiger partial charge is 0.172 e. The normalized spacial score (nSPS) is 21.0. The SMILES string of the molecule is CC[C@H]1CN(c2nc(N)c(CO)nc2Cl)CCN1C1CCN(Cc2ccc(Cl)cc2F)CC1. The van der Waals surface area contributed by atoms with Crippen molar-refractivity contribution in [3.05, 3.63) is 45.4 Å². The van der Waals surface area contributed by atoms with E-state index in [0.717, 1.165) is 52.0 Å². The van der Waals surface area contributed by atoms with Gasteiger partial charge in [-0.1, -0.05) is 36.2 Å². The molecule has 0 unspecified atom stereocenters. The number of anilines is 2. The van der Waals surface area contributed by atoms with E-state index in [0.29, 0.717) is 40.7 Å². The maximum atomic E-state index is 14.2. The maximum absolute atomic E-state index is 14.2. The van der Waals surface area contributed by atoms with Crippen molar-refractivity contribution >= 4 is 34.8 Å². The first-order valence-electron chi connectivity index (χ1n) is 11.5. The number of hydrogen-bond acceptors (Lipinski definition) is 7. The third kappa shape index (κ3) is 5.52. The summed E-state index contributed by atoms with van der Waals surface area (Å²) in [5, 5.41) is 10.0. The van der Waals surface area contributed by atoms with Gasteiger partial charge in [-0.15, -0.1) is 0 Å². The number of nitrogens with zero attached hydrogens (tertiary/aromatic N) is 5. The van der Waals surface area contributed by atoms with Crippen molar-refractivity contribution in [1.29, 1.82) is 0 Å². The van der Waals surface area contributed by atoms with Crippen molar-refractivity contribution in [2.45, 2.75) is 51.4 Å². The summed E-state index contributed by atoms with van der Waals surface area (Å²) in [6.45, 7) is 6.93. The van der Waals surface area contributed by atoms with Gasteiger partial charge in [-0.2, -0.15) is 0 Å². The summed E-state index contributed by atoms with van der Waals surface area (Å²) in [7, 11) is 0. The molecule has 2 aliphatic rings. The fraction of sp³-hybridized carbons (Fsp3) is 0.565. The molecule has 2 saturated heterocycles. The molecule has 2 aromatic rings. The zero-order valence-electron chi connectivity index (χ0n) is 18.9. The number of benzene rings is 1. The van der Waals surface area contributed by atoms with Crippen molar-refractivity contribution in [2.24, 2.45) is 0 Å². The lowest BCUT2D eigenvalue weighted by Gasteiger charge is -2.47. The Morgan fingerprint density at radius 1 is 1.15 bits per heavy atom. The Morgan fingerprint density at radius 3 is 2.58 bits per heavy atom. The molecule has 0 bridgehead atoms. The van der Waals surface area contributed by atoms with Gasteiger partial charge in [0.15, 0.2) is 11.0 Å². The fourth-order valence-electron chi connectivity index (χ4n) is 4.97. The number of piperidine rings is 1. The highest BCUT2D eigenvalue weighted by Crippen LogP contribution is 2.30. The van der Waals surface area contributed by atoms with Gasteiger partial charge in [0.25, 0.3) is 0 Å². The summed E-state index contributed by atoms with van der Waals surface area (Å²) < 4.78 is 14.2. The fourth-order valence-corrected chi connectivity index (χ4v) is 5.40. The lowest BCUT2D eigenvalue weighted by molar-refractivity contribution is 0.0607. The Balaban J connectivity index is 1.36. The van der Waals surface area contributed by atoms with Crippen LogP contribution in [0.4, 0.5) is 16.0 Å². The topological polar surface area (TPSA) is 81.8 Å². The molecule has 1 atom stereocenters. The van der Waals surface area contributed by atoms with Crippen LogP contribution in [0.3, 0.4) is 0 Å². The summed E-state index contributed by atoms with van der Waals surface area (Å²) in [6.07, 6.45) is 3.14. The first-order chi connectivity index (χ1) is 15.9. The molecule has 1 aromatic heterocycles. The number of nitrogens with two attached hydrogens (primary N) is 1. The van der Waals surface area contributed by atoms with E-state index < -0.39 is 0 Å². The van der Waals surface area contributed by atoms with Crippen LogP contribution in [0.1, 0.15) is 37.4 Å². The van der Waals surface area contributed by atoms with Gasteiger partial charge in [0, 0.05) is 48.8 Å². The predicted octanol–water partition coefficient (Wildman–Crippen LogP) is 3.56. The highest BCUT2D eigenvalue weighted by molar-refractivity contribution is 6.31. The molecule has 2 aliphatic heterocycles. The van der Waals surface area contributed by atoms with Crippen LogP contribution in [0.2, 0.25) is 10.2 Å². The van der Waals surface area contributed by atoms with E-state index in [1.807, 2.05) is 0 Å². The Hall–Kier alpha value is -1.71. The molecule has 0 saturated carbocycles. The van der Waals surface area contributed by atoms with Gasteiger partial charge in [-0.05, 0) is 44.5 Å². The van der Waals surface area contributed by atoms with E-state index in [4.69, 9.17) is 28.9 Å². The summed E-state index contributed by atoms with van der Waals surface area (Å²) in [5.74, 6) is 0.572. The van der Waals surface area contributed by atoms with E-state index >= 15 is 0 Å². The van der Waals surface area contributed by atoms with Crippen molar-refractivity contribution in [1.82, 2.24) is 19.8 Å². The number of piperazine rings is 1. The van der Waals surface area contributed by atoms with Crippen LogP contribution in [0.15, 0.2) is 18.2 Å². The molecular formula is C23H31Cl2FN6O. The Labute approximate surface area is 204 Å². The Kier molecular flexibility index (Phi) is 7.91. The lowest BCUT2D eigenvalue weighted by atomic mass is 9.98. The van der Waals surface area contributed by atoms with E-state index in [-0.39, 0.29) is 23.4 Å². The lowest BCUT2D eigenvalue weighted by Crippen LogP contribution is -2.58. The molecule has 2 fully saturated rings. The molecule has 3 N–H and O–H groups in total. The zero-order valence-corrected chi connectivity index (χ0v) is 20.4. The minimum Gasteiger partial charge on any atom is -0.390 e. The number of nitrogen functional groups attached to an aromatic ring is 1. The van der Waals surface area contributed by atoms with E-state index in [1.165, 1.54) is 6.07 Å². The van der Waals surface area contributed by atoms with E-state index in [9.17, 15) is 9.50 Å². The van der Waals surface area contributed by atoms with Crippen LogP contribution in [0.5, 0.6) is 0 Å². The van der Waals surface area contributed by atoms with Crippen molar-refractivity contribution in [3.63, 3.8) is 0 Å². The van der Waals surface area contributed by atoms with Gasteiger partial charge in [0.05, 0.1) is 6.61 Å². The molecule has 7 nitrogen and oxygen atoms in total. The van der Waals surface area contributed by atoms with E-state index in [2.05, 4.69) is 31.6 Å². The molecule has 33 heavy (non-hydrogen) atoms. The Morgan fingerprint density at radius 2 is 1.91 bits per heavy atom. The summed E-state index contributed by atoms with van der Waals surface area (Å²) in [4.78, 5) is 15.7. The second-order valence-electron chi connectivity index (χ2n) is 8.82. The van der Waals surface area contributed by atoms with Crippen molar-refractivity contribution in [3.8, 4) is 0 Å². The number of likely N-dealkylation sites (tertiary alicyclic amines) is 1. The second-order valence-corrected chi connectivity index (χ2v) is 9.61. The molecular weight excluding hydrogens is 466 g/mol. The van der Waals surface area contributed by atoms with E-state index in [1.54, 1.807) is 12.1 Å². The number of aliphatic hydroxyl groups excluding tert-OH is 1. The van der Waals surface area contributed by atoms with Crippen LogP contribution < -0.4 is 10.6 Å². The highest BCUT2D eigenvalue weighted by Gasteiger charge is 2.34. The van der Waals surface area contributed by atoms with Crippen LogP contribution in [0.25, 0.3) is 0 Å². The standard InChI is InChI=1S/C23H31Cl2FN6O/c1-2-17-13-31(23-21(25)28-20(14-33)22(27)29-23)9-10-32(17)18-5-7-30(8-6-18)12-15-3-4-16(24)11-19(15)26/h3-4,11,17-18,33H,2,5-10,12-14H2,1H3,(H2,27,29)/t17-/m0/s1. The van der Waals surface area contributed by atoms with Gasteiger partial charge in [-0.3, -0.25) is 9.80 Å². The molecule has 0 spiro atoms. The third-order valence-corrected chi connectivity index (χ3v) is 7.31. The van der Waals surface area contributed by atoms with Crippen molar-refractivity contribution < 1.29 is 9.50 Å². The molecule has 0 aliphatic carbocycles. The molecule has 180 valence electrons. The first kappa shape index (κ1) is 24.4. The summed E-state index contributed by atoms with van der Waals surface area (Å²) >= 11 is 12.2. The third-order valence-electron chi connectivity index (χ3n) is 6.82. The van der Waals surface area contributed by atoms with Crippen LogP contribution in [-0.4, -0.2) is 69.7 Å². The summed E-state index contributed by atoms with van der Waals surface area (Å²) in [6, 6.07) is 5.80. The number of hydrogen-bond donors (Lipinski definition) is 2. The Bertz CT molecular complexity index is 972. The quantitative estimate of drug-likeness (QED) is 0.632. The minimum absolute atomic E-state index is 0.219. The van der Waals surface area contributed by atoms with Gasteiger partial charge < -0.3 is 15.7 Å². The van der Waals surface area contributed by atoms with Crippen LogP contribution in [0, 0.1) is 5.82 Å². The second kappa shape index (κ2) is 10.7. The number of halogens is 3. The number of aromatic nitrogens is 2.